The first-order valence-electron chi connectivity index (χ1n) is 8.93. The number of esters is 2. The number of nitrogens with one attached hydrogen (secondary N) is 2. The fraction of sp³-hybridized carbons (Fsp3) is 0.200. The second kappa shape index (κ2) is 10.6. The van der Waals surface area contributed by atoms with E-state index in [1.54, 1.807) is 0 Å². The van der Waals surface area contributed by atoms with E-state index in [4.69, 9.17) is 33.9 Å². The Balaban J connectivity index is 2.55. The van der Waals surface area contributed by atoms with E-state index in [2.05, 4.69) is 0 Å². The van der Waals surface area contributed by atoms with E-state index in [0.29, 0.717) is 0 Å². The fourth-order valence-electron chi connectivity index (χ4n) is 2.77. The normalized spacial score (nSPS) is 9.94. The van der Waals surface area contributed by atoms with Gasteiger partial charge in [0.05, 0.1) is 39.8 Å². The summed E-state index contributed by atoms with van der Waals surface area (Å²) in [4.78, 5) is 48.1. The number of carbonyl (C=O) groups is 4. The van der Waals surface area contributed by atoms with Gasteiger partial charge in [0.1, 0.15) is 34.1 Å². The van der Waals surface area contributed by atoms with Gasteiger partial charge in [-0.3, -0.25) is 10.6 Å². The molecule has 176 valence electrons. The van der Waals surface area contributed by atoms with E-state index in [1.807, 2.05) is 10.6 Å². The minimum absolute atomic E-state index is 0.151. The van der Waals surface area contributed by atoms with Crippen LogP contribution in [-0.2, 0) is 4.74 Å². The van der Waals surface area contributed by atoms with Crippen LogP contribution < -0.4 is 29.6 Å². The lowest BCUT2D eigenvalue weighted by molar-refractivity contribution is 0.0395. The first-order chi connectivity index (χ1) is 15.6. The lowest BCUT2D eigenvalue weighted by atomic mass is 10.1. The highest BCUT2D eigenvalue weighted by molar-refractivity contribution is 6.11. The van der Waals surface area contributed by atoms with Gasteiger partial charge in [-0.05, 0) is 0 Å². The van der Waals surface area contributed by atoms with Gasteiger partial charge in [-0.15, -0.1) is 0 Å². The summed E-state index contributed by atoms with van der Waals surface area (Å²) in [5, 5.41) is 22.2. The van der Waals surface area contributed by atoms with Crippen LogP contribution in [0.3, 0.4) is 0 Å². The Kier molecular flexibility index (Phi) is 7.87. The molecule has 2 aromatic rings. The van der Waals surface area contributed by atoms with Crippen LogP contribution in [0.4, 0.5) is 21.0 Å². The third kappa shape index (κ3) is 5.72. The topological polar surface area (TPSA) is 179 Å². The Morgan fingerprint density at radius 3 is 1.27 bits per heavy atom. The second-order valence-electron chi connectivity index (χ2n) is 6.04. The van der Waals surface area contributed by atoms with Crippen LogP contribution >= 0.6 is 0 Å². The van der Waals surface area contributed by atoms with E-state index in [-0.39, 0.29) is 34.4 Å². The zero-order valence-corrected chi connectivity index (χ0v) is 17.9. The molecule has 0 spiro atoms. The Morgan fingerprint density at radius 2 is 1.00 bits per heavy atom. The molecule has 0 radical (unpaired) electrons. The molecule has 13 nitrogen and oxygen atoms in total. The summed E-state index contributed by atoms with van der Waals surface area (Å²) in [6.07, 6.45) is -3.01. The van der Waals surface area contributed by atoms with Crippen molar-refractivity contribution in [2.24, 2.45) is 0 Å². The molecule has 2 rings (SSSR count). The highest BCUT2D eigenvalue weighted by Gasteiger charge is 2.28. The molecule has 13 heteroatoms. The number of benzene rings is 2. The van der Waals surface area contributed by atoms with Crippen LogP contribution in [0.15, 0.2) is 24.3 Å². The quantitative estimate of drug-likeness (QED) is 0.333. The summed E-state index contributed by atoms with van der Waals surface area (Å²) < 4.78 is 25.2. The Morgan fingerprint density at radius 1 is 0.636 bits per heavy atom. The highest BCUT2D eigenvalue weighted by Crippen LogP contribution is 2.36. The SMILES string of the molecule is COc1cc(NC(=O)O)c(C(=O)OC(=O)c2c(NC(=O)O)cc(OC)cc2OC)c(OC)c1. The molecule has 0 aliphatic rings. The third-order valence-corrected chi connectivity index (χ3v) is 4.14. The van der Waals surface area contributed by atoms with Crippen LogP contribution in [0.1, 0.15) is 20.7 Å². The monoisotopic (exact) mass is 464 g/mol. The maximum atomic E-state index is 12.9. The summed E-state index contributed by atoms with van der Waals surface area (Å²) in [6, 6.07) is 4.92. The van der Waals surface area contributed by atoms with Gasteiger partial charge in [0.2, 0.25) is 0 Å². The third-order valence-electron chi connectivity index (χ3n) is 4.14. The summed E-state index contributed by atoms with van der Waals surface area (Å²) in [5.41, 5.74) is -1.40. The summed E-state index contributed by atoms with van der Waals surface area (Å²) in [7, 11) is 5.04. The number of anilines is 2. The Hall–Kier alpha value is -4.68. The van der Waals surface area contributed by atoms with Crippen molar-refractivity contribution in [2.75, 3.05) is 39.1 Å². The zero-order chi connectivity index (χ0) is 24.7. The van der Waals surface area contributed by atoms with Gasteiger partial charge >= 0.3 is 24.1 Å². The summed E-state index contributed by atoms with van der Waals surface area (Å²) >= 11 is 0. The van der Waals surface area contributed by atoms with Crippen molar-refractivity contribution in [3.8, 4) is 23.0 Å². The van der Waals surface area contributed by atoms with Gasteiger partial charge in [0.15, 0.2) is 0 Å². The predicted octanol–water partition coefficient (Wildman–Crippen LogP) is 2.90. The lowest BCUT2D eigenvalue weighted by Crippen LogP contribution is -2.20. The van der Waals surface area contributed by atoms with Crippen LogP contribution in [0.25, 0.3) is 0 Å². The summed E-state index contributed by atoms with van der Waals surface area (Å²) in [6.45, 7) is 0. The average Bonchev–Trinajstić information content (AvgIpc) is 2.76. The molecule has 0 bridgehead atoms. The van der Waals surface area contributed by atoms with Gasteiger partial charge in [0.25, 0.3) is 0 Å². The number of amides is 2. The molecule has 4 N–H and O–H groups in total. The van der Waals surface area contributed by atoms with Crippen molar-refractivity contribution in [1.29, 1.82) is 0 Å². The Bertz CT molecular complexity index is 1010. The number of carbonyl (C=O) groups excluding carboxylic acids is 2. The molecule has 2 aromatic carbocycles. The smallest absolute Gasteiger partial charge is 0.409 e. The van der Waals surface area contributed by atoms with Gasteiger partial charge in [-0.2, -0.15) is 0 Å². The number of hydrogen-bond acceptors (Lipinski definition) is 9. The minimum atomic E-state index is -1.50. The van der Waals surface area contributed by atoms with Crippen LogP contribution in [-0.4, -0.2) is 62.8 Å². The van der Waals surface area contributed by atoms with E-state index >= 15 is 0 Å². The molecule has 0 saturated heterocycles. The summed E-state index contributed by atoms with van der Waals surface area (Å²) in [5.74, 6) is -2.57. The minimum Gasteiger partial charge on any atom is -0.497 e. The van der Waals surface area contributed by atoms with Crippen molar-refractivity contribution in [2.45, 2.75) is 0 Å². The molecule has 0 saturated carbocycles. The Labute approximate surface area is 186 Å². The molecule has 33 heavy (non-hydrogen) atoms. The van der Waals surface area contributed by atoms with Crippen molar-refractivity contribution < 1.29 is 53.1 Å². The molecule has 2 amide bonds. The fourth-order valence-corrected chi connectivity index (χ4v) is 2.77. The van der Waals surface area contributed by atoms with Gasteiger partial charge < -0.3 is 33.9 Å². The van der Waals surface area contributed by atoms with E-state index < -0.39 is 35.3 Å². The second-order valence-corrected chi connectivity index (χ2v) is 6.04. The number of carboxylic acid groups (broad SMARTS) is 2. The van der Waals surface area contributed by atoms with Crippen LogP contribution in [0, 0.1) is 0 Å². The number of ether oxygens (including phenoxy) is 5. The zero-order valence-electron chi connectivity index (χ0n) is 17.9. The lowest BCUT2D eigenvalue weighted by Gasteiger charge is -2.16. The predicted molar refractivity (Wildman–Crippen MR) is 112 cm³/mol. The van der Waals surface area contributed by atoms with E-state index in [9.17, 15) is 19.2 Å². The number of rotatable bonds is 8. The van der Waals surface area contributed by atoms with Crippen molar-refractivity contribution in [3.05, 3.63) is 35.4 Å². The molecule has 0 aliphatic heterocycles. The van der Waals surface area contributed by atoms with E-state index in [1.165, 1.54) is 52.7 Å². The molecule has 0 aliphatic carbocycles. The average molecular weight is 464 g/mol. The first-order valence-corrected chi connectivity index (χ1v) is 8.93. The van der Waals surface area contributed by atoms with Crippen molar-refractivity contribution in [1.82, 2.24) is 0 Å². The highest BCUT2D eigenvalue weighted by atomic mass is 16.6. The molecule has 0 heterocycles. The molecule has 0 aromatic heterocycles. The molecular formula is C20H20N2O11. The molecule has 0 fully saturated rings. The molecular weight excluding hydrogens is 444 g/mol. The van der Waals surface area contributed by atoms with Crippen molar-refractivity contribution >= 4 is 35.5 Å². The molecule has 0 atom stereocenters. The van der Waals surface area contributed by atoms with Gasteiger partial charge in [-0.25, -0.2) is 19.2 Å². The largest absolute Gasteiger partial charge is 0.497 e. The van der Waals surface area contributed by atoms with Crippen LogP contribution in [0.2, 0.25) is 0 Å². The molecule has 0 unspecified atom stereocenters. The first kappa shape index (κ1) is 24.6. The maximum absolute atomic E-state index is 12.9. The standard InChI is InChI=1S/C20H20N2O11/c1-29-9-5-11(21-19(25)26)15(13(7-9)31-3)17(23)33-18(24)16-12(22-20(27)28)6-10(30-2)8-14(16)32-4/h5-8,21-22H,1-4H3,(H,25,26)(H,27,28). The van der Waals surface area contributed by atoms with Gasteiger partial charge in [0, 0.05) is 24.3 Å². The maximum Gasteiger partial charge on any atom is 0.409 e. The van der Waals surface area contributed by atoms with E-state index in [0.717, 1.165) is 0 Å². The number of hydrogen-bond donors (Lipinski definition) is 4. The van der Waals surface area contributed by atoms with Crippen LogP contribution in [0.5, 0.6) is 23.0 Å². The number of methoxy groups -OCH3 is 4. The van der Waals surface area contributed by atoms with Crippen molar-refractivity contribution in [3.63, 3.8) is 0 Å². The van der Waals surface area contributed by atoms with Gasteiger partial charge in [-0.1, -0.05) is 0 Å².